The predicted octanol–water partition coefficient (Wildman–Crippen LogP) is 3.29. The first-order valence-corrected chi connectivity index (χ1v) is 11.9. The van der Waals surface area contributed by atoms with E-state index in [2.05, 4.69) is 29.8 Å². The van der Waals surface area contributed by atoms with E-state index in [1.54, 1.807) is 6.07 Å². The Hall–Kier alpha value is -3.08. The molecule has 0 saturated carbocycles. The van der Waals surface area contributed by atoms with Gasteiger partial charge in [-0.1, -0.05) is 38.1 Å². The van der Waals surface area contributed by atoms with Crippen LogP contribution in [-0.2, 0) is 9.59 Å². The monoisotopic (exact) mass is 513 g/mol. The number of carboxylic acid groups (broad SMARTS) is 1. The van der Waals surface area contributed by atoms with Crippen LogP contribution in [0.15, 0.2) is 36.4 Å². The van der Waals surface area contributed by atoms with Gasteiger partial charge in [-0.05, 0) is 50.3 Å². The third-order valence-corrected chi connectivity index (χ3v) is 5.94. The number of alkyl halides is 3. The van der Waals surface area contributed by atoms with Gasteiger partial charge in [0.25, 0.3) is 5.91 Å². The number of carbonyl (C=O) groups is 3. The average Bonchev–Trinajstić information content (AvgIpc) is 2.82. The van der Waals surface area contributed by atoms with Crippen LogP contribution in [0.5, 0.6) is 5.75 Å². The molecule has 0 bridgehead atoms. The number of para-hydroxylation sites is 1. The number of amides is 2. The van der Waals surface area contributed by atoms with Crippen molar-refractivity contribution in [3.63, 3.8) is 0 Å². The number of hydrogen-bond donors (Lipinski definition) is 4. The second kappa shape index (κ2) is 13.3. The number of carbonyl (C=O) groups excluding carboxylic acids is 2. The summed E-state index contributed by atoms with van der Waals surface area (Å²) in [6.45, 7) is 6.64. The van der Waals surface area contributed by atoms with Gasteiger partial charge < -0.3 is 25.8 Å². The molecule has 8 nitrogen and oxygen atoms in total. The molecular weight excluding hydrogens is 479 g/mol. The van der Waals surface area contributed by atoms with Crippen molar-refractivity contribution in [3.05, 3.63) is 42.0 Å². The molecule has 2 atom stereocenters. The van der Waals surface area contributed by atoms with Gasteiger partial charge in [0.15, 0.2) is 0 Å². The molecule has 0 aromatic heterocycles. The SMILES string of the molecule is CC(C)C[C@H]1CNC(=O)c2ccccc2OC/C=C/CC2(CCCNC2)C(=O)N1.O=C(O)C(F)(F)F. The fourth-order valence-corrected chi connectivity index (χ4v) is 4.14. The van der Waals surface area contributed by atoms with E-state index in [4.69, 9.17) is 14.6 Å². The molecule has 3 rings (SSSR count). The van der Waals surface area contributed by atoms with Gasteiger partial charge in [0.1, 0.15) is 12.4 Å². The Morgan fingerprint density at radius 3 is 2.53 bits per heavy atom. The van der Waals surface area contributed by atoms with Gasteiger partial charge >= 0.3 is 12.1 Å². The summed E-state index contributed by atoms with van der Waals surface area (Å²) in [7, 11) is 0. The number of ether oxygens (including phenoxy) is 1. The van der Waals surface area contributed by atoms with Crippen molar-refractivity contribution in [1.82, 2.24) is 16.0 Å². The van der Waals surface area contributed by atoms with Gasteiger partial charge in [0.2, 0.25) is 5.91 Å². The van der Waals surface area contributed by atoms with Crippen molar-refractivity contribution in [2.24, 2.45) is 11.3 Å². The highest BCUT2D eigenvalue weighted by Gasteiger charge is 2.39. The molecule has 1 saturated heterocycles. The maximum Gasteiger partial charge on any atom is 0.490 e. The molecule has 1 fully saturated rings. The van der Waals surface area contributed by atoms with E-state index in [0.29, 0.717) is 43.3 Å². The first-order valence-electron chi connectivity index (χ1n) is 11.9. The van der Waals surface area contributed by atoms with E-state index in [1.807, 2.05) is 30.4 Å². The molecule has 36 heavy (non-hydrogen) atoms. The van der Waals surface area contributed by atoms with E-state index < -0.39 is 17.6 Å². The highest BCUT2D eigenvalue weighted by atomic mass is 19.4. The first kappa shape index (κ1) is 29.2. The molecule has 1 spiro atoms. The highest BCUT2D eigenvalue weighted by molar-refractivity contribution is 5.97. The summed E-state index contributed by atoms with van der Waals surface area (Å²) in [5, 5.41) is 16.8. The molecule has 0 aliphatic carbocycles. The lowest BCUT2D eigenvalue weighted by molar-refractivity contribution is -0.192. The summed E-state index contributed by atoms with van der Waals surface area (Å²) in [5.41, 5.74) is 0.0660. The van der Waals surface area contributed by atoms with Crippen molar-refractivity contribution >= 4 is 17.8 Å². The van der Waals surface area contributed by atoms with Gasteiger partial charge in [-0.3, -0.25) is 9.59 Å². The molecule has 200 valence electrons. The zero-order valence-electron chi connectivity index (χ0n) is 20.5. The second-order valence-electron chi connectivity index (χ2n) is 9.36. The number of benzene rings is 1. The van der Waals surface area contributed by atoms with E-state index in [-0.39, 0.29) is 17.9 Å². The maximum absolute atomic E-state index is 13.3. The Morgan fingerprint density at radius 2 is 1.92 bits per heavy atom. The molecule has 2 aliphatic heterocycles. The summed E-state index contributed by atoms with van der Waals surface area (Å²) >= 11 is 0. The third-order valence-electron chi connectivity index (χ3n) is 5.94. The summed E-state index contributed by atoms with van der Waals surface area (Å²) < 4.78 is 37.6. The number of halogens is 3. The minimum absolute atomic E-state index is 0.0765. The van der Waals surface area contributed by atoms with Crippen molar-refractivity contribution in [1.29, 1.82) is 0 Å². The van der Waals surface area contributed by atoms with E-state index in [1.165, 1.54) is 0 Å². The first-order chi connectivity index (χ1) is 16.9. The smallest absolute Gasteiger partial charge is 0.489 e. The lowest BCUT2D eigenvalue weighted by Crippen LogP contribution is -2.54. The molecule has 0 radical (unpaired) electrons. The van der Waals surface area contributed by atoms with Crippen LogP contribution in [0.3, 0.4) is 0 Å². The van der Waals surface area contributed by atoms with Crippen LogP contribution < -0.4 is 20.7 Å². The van der Waals surface area contributed by atoms with Crippen molar-refractivity contribution < 1.29 is 37.4 Å². The fourth-order valence-electron chi connectivity index (χ4n) is 4.14. The number of aliphatic carboxylic acids is 1. The Bertz CT molecular complexity index is 928. The summed E-state index contributed by atoms with van der Waals surface area (Å²) in [6.07, 6.45) is 2.23. The number of fused-ring (bicyclic) bond motifs is 1. The Balaban J connectivity index is 0.000000572. The highest BCUT2D eigenvalue weighted by Crippen LogP contribution is 2.31. The molecule has 1 aromatic carbocycles. The van der Waals surface area contributed by atoms with Crippen LogP contribution in [0.4, 0.5) is 13.2 Å². The van der Waals surface area contributed by atoms with Crippen LogP contribution in [0.1, 0.15) is 49.9 Å². The number of nitrogens with one attached hydrogen (secondary N) is 3. The fraction of sp³-hybridized carbons (Fsp3) is 0.560. The normalized spacial score (nSPS) is 24.2. The van der Waals surface area contributed by atoms with Crippen molar-refractivity contribution in [2.75, 3.05) is 26.2 Å². The minimum atomic E-state index is -5.08. The summed E-state index contributed by atoms with van der Waals surface area (Å²) in [6, 6.07) is 7.16. The van der Waals surface area contributed by atoms with Crippen LogP contribution >= 0.6 is 0 Å². The van der Waals surface area contributed by atoms with Crippen LogP contribution in [0.2, 0.25) is 0 Å². The second-order valence-corrected chi connectivity index (χ2v) is 9.36. The molecule has 2 heterocycles. The van der Waals surface area contributed by atoms with Crippen molar-refractivity contribution in [2.45, 2.75) is 51.7 Å². The molecule has 1 unspecified atom stereocenters. The van der Waals surface area contributed by atoms with Gasteiger partial charge in [0, 0.05) is 19.1 Å². The van der Waals surface area contributed by atoms with Gasteiger partial charge in [-0.25, -0.2) is 4.79 Å². The van der Waals surface area contributed by atoms with Crippen LogP contribution in [0, 0.1) is 11.3 Å². The van der Waals surface area contributed by atoms with Crippen LogP contribution in [-0.4, -0.2) is 61.3 Å². The van der Waals surface area contributed by atoms with Crippen molar-refractivity contribution in [3.8, 4) is 5.75 Å². The van der Waals surface area contributed by atoms with E-state index in [0.717, 1.165) is 25.8 Å². The summed E-state index contributed by atoms with van der Waals surface area (Å²) in [4.78, 5) is 35.0. The lowest BCUT2D eigenvalue weighted by atomic mass is 9.76. The van der Waals surface area contributed by atoms with Crippen LogP contribution in [0.25, 0.3) is 0 Å². The standard InChI is InChI=1S/C23H33N3O3.C2HF3O2/c1-17(2)14-18-15-25-21(27)19-8-3-4-9-20(19)29-13-6-5-10-23(22(28)26-18)11-7-12-24-16-23;3-2(4,5)1(6)7/h3-6,8-9,17-18,24H,7,10-16H2,1-2H3,(H,25,27)(H,26,28);(H,6,7)/b6-5+;/t18-,23?;/m0./s1. The average molecular weight is 514 g/mol. The number of rotatable bonds is 2. The molecule has 1 aromatic rings. The topological polar surface area (TPSA) is 117 Å². The number of hydrogen-bond acceptors (Lipinski definition) is 5. The quantitative estimate of drug-likeness (QED) is 0.451. The van der Waals surface area contributed by atoms with E-state index in [9.17, 15) is 22.8 Å². The largest absolute Gasteiger partial charge is 0.490 e. The predicted molar refractivity (Wildman–Crippen MR) is 128 cm³/mol. The lowest BCUT2D eigenvalue weighted by Gasteiger charge is -2.37. The number of carboxylic acids is 1. The Morgan fingerprint density at radius 1 is 1.22 bits per heavy atom. The minimum Gasteiger partial charge on any atom is -0.489 e. The molecular formula is C25H34F3N3O5. The Labute approximate surface area is 208 Å². The number of piperidine rings is 1. The molecule has 11 heteroatoms. The zero-order chi connectivity index (χ0) is 26.8. The third kappa shape index (κ3) is 8.85. The molecule has 2 aliphatic rings. The molecule has 4 N–H and O–H groups in total. The number of allylic oxidation sites excluding steroid dienone is 1. The zero-order valence-corrected chi connectivity index (χ0v) is 20.5. The van der Waals surface area contributed by atoms with E-state index >= 15 is 0 Å². The summed E-state index contributed by atoms with van der Waals surface area (Å²) in [5.74, 6) is -1.88. The van der Waals surface area contributed by atoms with Gasteiger partial charge in [-0.2, -0.15) is 13.2 Å². The Kier molecular flexibility index (Phi) is 10.8. The van der Waals surface area contributed by atoms with Gasteiger partial charge in [-0.15, -0.1) is 0 Å². The van der Waals surface area contributed by atoms with Gasteiger partial charge in [0.05, 0.1) is 11.0 Å². The maximum atomic E-state index is 13.3. The molecule has 2 amide bonds.